The second-order valence-corrected chi connectivity index (χ2v) is 3.61. The topological polar surface area (TPSA) is 37.3 Å². The first kappa shape index (κ1) is 10.1. The van der Waals surface area contributed by atoms with Crippen molar-refractivity contribution >= 4 is 40.8 Å². The minimum atomic E-state index is -1.52. The number of carbonyl (C=O) groups is 1. The summed E-state index contributed by atoms with van der Waals surface area (Å²) in [5, 5.41) is 8.40. The number of aliphatic carboxylic acids is 1. The summed E-state index contributed by atoms with van der Waals surface area (Å²) in [5.74, 6) is -1.19. The number of rotatable bonds is 2. The van der Waals surface area contributed by atoms with Crippen LogP contribution in [0.1, 0.15) is 6.92 Å². The van der Waals surface area contributed by atoms with Crippen LogP contribution in [0, 0.1) is 0 Å². The van der Waals surface area contributed by atoms with E-state index in [9.17, 15) is 4.79 Å². The van der Waals surface area contributed by atoms with E-state index in [1.165, 1.54) is 6.92 Å². The lowest BCUT2D eigenvalue weighted by molar-refractivity contribution is -0.138. The number of hydrogen-bond acceptors (Lipinski definition) is 1. The molecule has 0 fully saturated rings. The van der Waals surface area contributed by atoms with Gasteiger partial charge < -0.3 is 5.11 Å². The molecule has 0 amide bonds. The van der Waals surface area contributed by atoms with Gasteiger partial charge in [-0.15, -0.1) is 11.6 Å². The first-order valence-electron chi connectivity index (χ1n) is 2.32. The second-order valence-electron chi connectivity index (χ2n) is 1.81. The lowest BCUT2D eigenvalue weighted by Gasteiger charge is -2.09. The highest BCUT2D eigenvalue weighted by molar-refractivity contribution is 6.56. The maximum absolute atomic E-state index is 10.3. The van der Waals surface area contributed by atoms with Crippen molar-refractivity contribution in [2.24, 2.45) is 0 Å². The van der Waals surface area contributed by atoms with Crippen molar-refractivity contribution in [3.63, 3.8) is 0 Å². The summed E-state index contributed by atoms with van der Waals surface area (Å²) in [6, 6.07) is 0. The van der Waals surface area contributed by atoms with Gasteiger partial charge in [-0.3, -0.25) is 0 Å². The van der Waals surface area contributed by atoms with Gasteiger partial charge in [0.25, 0.3) is 0 Å². The molecule has 58 valence electrons. The number of alkyl halides is 1. The molecule has 0 spiro atoms. The first-order valence-corrected chi connectivity index (χ1v) is 3.46. The van der Waals surface area contributed by atoms with Crippen LogP contribution in [0.25, 0.3) is 0 Å². The summed E-state index contributed by atoms with van der Waals surface area (Å²) < 4.78 is -0.153. The minimum absolute atomic E-state index is 0.153. The molecule has 5 heteroatoms. The summed E-state index contributed by atoms with van der Waals surface area (Å²) >= 11 is 15.8. The van der Waals surface area contributed by atoms with E-state index < -0.39 is 10.8 Å². The summed E-state index contributed by atoms with van der Waals surface area (Å²) in [6.45, 7) is 1.28. The third kappa shape index (κ3) is 3.30. The predicted octanol–water partition coefficient (Wildman–Crippen LogP) is 2.39. The lowest BCUT2D eigenvalue weighted by atomic mass is 10.2. The van der Waals surface area contributed by atoms with E-state index in [4.69, 9.17) is 39.9 Å². The standard InChI is InChI=1S/C5H5Cl3O2/c1-5(8,4(9)10)2-3(6)7/h2H,1H3,(H,9,10). The molecule has 0 aromatic rings. The molecule has 1 N–H and O–H groups in total. The van der Waals surface area contributed by atoms with Crippen LogP contribution in [0.15, 0.2) is 10.6 Å². The fourth-order valence-electron chi connectivity index (χ4n) is 0.267. The highest BCUT2D eigenvalue weighted by Gasteiger charge is 2.27. The fraction of sp³-hybridized carbons (Fsp3) is 0.400. The summed E-state index contributed by atoms with van der Waals surface area (Å²) in [7, 11) is 0. The van der Waals surface area contributed by atoms with E-state index >= 15 is 0 Å². The Hall–Kier alpha value is 0.0800. The molecular formula is C5H5Cl3O2. The van der Waals surface area contributed by atoms with E-state index in [1.54, 1.807) is 0 Å². The van der Waals surface area contributed by atoms with Crippen LogP contribution in [-0.2, 0) is 4.79 Å². The zero-order chi connectivity index (χ0) is 8.36. The van der Waals surface area contributed by atoms with Crippen molar-refractivity contribution < 1.29 is 9.90 Å². The lowest BCUT2D eigenvalue weighted by Crippen LogP contribution is -2.25. The van der Waals surface area contributed by atoms with Crippen LogP contribution in [-0.4, -0.2) is 16.0 Å². The molecule has 0 saturated heterocycles. The van der Waals surface area contributed by atoms with Gasteiger partial charge in [-0.05, 0) is 13.0 Å². The van der Waals surface area contributed by atoms with Gasteiger partial charge in [-0.2, -0.15) is 0 Å². The summed E-state index contributed by atoms with van der Waals surface area (Å²) in [4.78, 5) is 8.75. The molecule has 0 aliphatic rings. The van der Waals surface area contributed by atoms with Gasteiger partial charge in [0.2, 0.25) is 0 Å². The van der Waals surface area contributed by atoms with Crippen molar-refractivity contribution in [1.82, 2.24) is 0 Å². The quantitative estimate of drug-likeness (QED) is 0.700. The van der Waals surface area contributed by atoms with Gasteiger partial charge >= 0.3 is 5.97 Å². The van der Waals surface area contributed by atoms with E-state index in [0.29, 0.717) is 0 Å². The number of halogens is 3. The van der Waals surface area contributed by atoms with Crippen molar-refractivity contribution in [2.45, 2.75) is 11.8 Å². The van der Waals surface area contributed by atoms with E-state index in [2.05, 4.69) is 0 Å². The number of carboxylic acids is 1. The Balaban J connectivity index is 4.42. The third-order valence-electron chi connectivity index (χ3n) is 0.798. The van der Waals surface area contributed by atoms with Gasteiger partial charge in [0.05, 0.1) is 0 Å². The molecule has 0 rings (SSSR count). The van der Waals surface area contributed by atoms with Crippen molar-refractivity contribution in [3.05, 3.63) is 10.6 Å². The van der Waals surface area contributed by atoms with Gasteiger partial charge in [-0.1, -0.05) is 23.2 Å². The highest BCUT2D eigenvalue weighted by atomic mass is 35.5. The number of carboxylic acid groups (broad SMARTS) is 1. The molecule has 0 aromatic carbocycles. The molecule has 1 unspecified atom stereocenters. The van der Waals surface area contributed by atoms with Gasteiger partial charge in [-0.25, -0.2) is 4.79 Å². The number of hydrogen-bond donors (Lipinski definition) is 1. The molecule has 0 bridgehead atoms. The molecule has 0 aliphatic carbocycles. The molecule has 0 aromatic heterocycles. The van der Waals surface area contributed by atoms with Crippen LogP contribution in [0.4, 0.5) is 0 Å². The smallest absolute Gasteiger partial charge is 0.328 e. The monoisotopic (exact) mass is 202 g/mol. The Morgan fingerprint density at radius 1 is 1.60 bits per heavy atom. The SMILES string of the molecule is CC(Cl)(C=C(Cl)Cl)C(=O)O. The first-order chi connectivity index (χ1) is 4.36. The Morgan fingerprint density at radius 3 is 2.10 bits per heavy atom. The second kappa shape index (κ2) is 3.46. The van der Waals surface area contributed by atoms with Crippen LogP contribution < -0.4 is 0 Å². The zero-order valence-corrected chi connectivity index (χ0v) is 7.33. The van der Waals surface area contributed by atoms with Crippen molar-refractivity contribution in [2.75, 3.05) is 0 Å². The van der Waals surface area contributed by atoms with E-state index in [1.807, 2.05) is 0 Å². The molecule has 0 aliphatic heterocycles. The zero-order valence-electron chi connectivity index (χ0n) is 5.07. The fourth-order valence-corrected chi connectivity index (χ4v) is 0.924. The van der Waals surface area contributed by atoms with Crippen LogP contribution in [0.3, 0.4) is 0 Å². The van der Waals surface area contributed by atoms with Crippen LogP contribution >= 0.6 is 34.8 Å². The maximum Gasteiger partial charge on any atom is 0.328 e. The Kier molecular flexibility index (Phi) is 3.49. The highest BCUT2D eigenvalue weighted by Crippen LogP contribution is 2.21. The van der Waals surface area contributed by atoms with Gasteiger partial charge in [0, 0.05) is 0 Å². The molecule has 0 heterocycles. The summed E-state index contributed by atoms with van der Waals surface area (Å²) in [6.07, 6.45) is 1.04. The molecular weight excluding hydrogens is 198 g/mol. The molecule has 1 atom stereocenters. The van der Waals surface area contributed by atoms with Crippen molar-refractivity contribution in [1.29, 1.82) is 0 Å². The molecule has 0 saturated carbocycles. The average Bonchev–Trinajstić information content (AvgIpc) is 1.60. The largest absolute Gasteiger partial charge is 0.480 e. The van der Waals surface area contributed by atoms with E-state index in [-0.39, 0.29) is 4.49 Å². The van der Waals surface area contributed by atoms with Gasteiger partial charge in [0.1, 0.15) is 4.49 Å². The Labute approximate surface area is 73.4 Å². The predicted molar refractivity (Wildman–Crippen MR) is 41.7 cm³/mol. The molecule has 10 heavy (non-hydrogen) atoms. The van der Waals surface area contributed by atoms with Crippen LogP contribution in [0.5, 0.6) is 0 Å². The van der Waals surface area contributed by atoms with Crippen LogP contribution in [0.2, 0.25) is 0 Å². The van der Waals surface area contributed by atoms with Crippen molar-refractivity contribution in [3.8, 4) is 0 Å². The van der Waals surface area contributed by atoms with E-state index in [0.717, 1.165) is 6.08 Å². The maximum atomic E-state index is 10.3. The Morgan fingerprint density at radius 2 is 2.00 bits per heavy atom. The third-order valence-corrected chi connectivity index (χ3v) is 1.29. The Bertz CT molecular complexity index is 170. The molecule has 2 nitrogen and oxygen atoms in total. The van der Waals surface area contributed by atoms with Gasteiger partial charge in [0.15, 0.2) is 4.87 Å². The average molecular weight is 203 g/mol. The summed E-state index contributed by atoms with van der Waals surface area (Å²) in [5.41, 5.74) is 0. The molecule has 0 radical (unpaired) electrons. The normalized spacial score (nSPS) is 15.6. The minimum Gasteiger partial charge on any atom is -0.480 e.